The van der Waals surface area contributed by atoms with Gasteiger partial charge in [0.05, 0.1) is 12.0 Å². The predicted molar refractivity (Wildman–Crippen MR) is 99.9 cm³/mol. The Balaban J connectivity index is 1.49. The number of aromatic nitrogens is 1. The fourth-order valence-corrected chi connectivity index (χ4v) is 3.05. The summed E-state index contributed by atoms with van der Waals surface area (Å²) in [5.41, 5.74) is 1.50. The quantitative estimate of drug-likeness (QED) is 0.622. The lowest BCUT2D eigenvalue weighted by molar-refractivity contribution is -0.116. The fraction of sp³-hybridized carbons (Fsp3) is 0.118. The Kier molecular flexibility index (Phi) is 5.62. The van der Waals surface area contributed by atoms with Gasteiger partial charge in [-0.05, 0) is 42.8 Å². The number of benzene rings is 1. The Hall–Kier alpha value is -2.45. The highest BCUT2D eigenvalue weighted by Crippen LogP contribution is 2.18. The second kappa shape index (κ2) is 8.09. The standard InChI is InChI=1S/C17H14BrN3O3S/c18-11-3-5-12(6-4-11)19-15(22)8-7-13-10-25-17(20-13)21-16(23)14-2-1-9-24-14/h1-6,9-10H,7-8H2,(H,19,22)(H,20,21,23). The van der Waals surface area contributed by atoms with E-state index in [2.05, 4.69) is 31.5 Å². The minimum atomic E-state index is -0.348. The van der Waals surface area contributed by atoms with E-state index < -0.39 is 0 Å². The molecule has 0 aliphatic heterocycles. The van der Waals surface area contributed by atoms with E-state index in [0.717, 1.165) is 15.9 Å². The maximum Gasteiger partial charge on any atom is 0.293 e. The zero-order valence-corrected chi connectivity index (χ0v) is 15.4. The molecule has 3 aromatic rings. The maximum atomic E-state index is 12.0. The summed E-state index contributed by atoms with van der Waals surface area (Å²) in [7, 11) is 0. The number of halogens is 1. The van der Waals surface area contributed by atoms with Gasteiger partial charge < -0.3 is 9.73 Å². The van der Waals surface area contributed by atoms with Gasteiger partial charge in [-0.15, -0.1) is 11.3 Å². The van der Waals surface area contributed by atoms with Gasteiger partial charge in [0.25, 0.3) is 5.91 Å². The van der Waals surface area contributed by atoms with Gasteiger partial charge in [0.2, 0.25) is 5.91 Å². The Morgan fingerprint density at radius 1 is 1.16 bits per heavy atom. The molecule has 128 valence electrons. The van der Waals surface area contributed by atoms with Crippen LogP contribution in [0.15, 0.2) is 56.9 Å². The van der Waals surface area contributed by atoms with E-state index >= 15 is 0 Å². The lowest BCUT2D eigenvalue weighted by atomic mass is 10.2. The molecule has 0 atom stereocenters. The van der Waals surface area contributed by atoms with Gasteiger partial charge in [-0.3, -0.25) is 14.9 Å². The van der Waals surface area contributed by atoms with Crippen LogP contribution < -0.4 is 10.6 Å². The van der Waals surface area contributed by atoms with Crippen molar-refractivity contribution in [3.05, 3.63) is 64.0 Å². The number of nitrogens with one attached hydrogen (secondary N) is 2. The Bertz CT molecular complexity index is 860. The van der Waals surface area contributed by atoms with Crippen molar-refractivity contribution in [2.75, 3.05) is 10.6 Å². The molecule has 0 fully saturated rings. The third-order valence-corrected chi connectivity index (χ3v) is 4.59. The monoisotopic (exact) mass is 419 g/mol. The van der Waals surface area contributed by atoms with E-state index in [4.69, 9.17) is 4.42 Å². The van der Waals surface area contributed by atoms with E-state index in [1.165, 1.54) is 17.6 Å². The van der Waals surface area contributed by atoms with Crippen LogP contribution in [0.25, 0.3) is 0 Å². The normalized spacial score (nSPS) is 10.4. The molecule has 0 unspecified atom stereocenters. The van der Waals surface area contributed by atoms with E-state index in [1.54, 1.807) is 12.1 Å². The van der Waals surface area contributed by atoms with Crippen LogP contribution in [-0.4, -0.2) is 16.8 Å². The second-order valence-corrected chi connectivity index (χ2v) is 6.90. The van der Waals surface area contributed by atoms with Crippen molar-refractivity contribution in [2.24, 2.45) is 0 Å². The topological polar surface area (TPSA) is 84.2 Å². The molecule has 1 aromatic carbocycles. The molecule has 8 heteroatoms. The average Bonchev–Trinajstić information content (AvgIpc) is 3.27. The number of aryl methyl sites for hydroxylation is 1. The van der Waals surface area contributed by atoms with E-state index in [1.807, 2.05) is 29.6 Å². The molecule has 0 aliphatic rings. The number of thiazole rings is 1. The molecule has 0 aliphatic carbocycles. The zero-order chi connectivity index (χ0) is 17.6. The van der Waals surface area contributed by atoms with Gasteiger partial charge in [0, 0.05) is 22.0 Å². The number of nitrogens with zero attached hydrogens (tertiary/aromatic N) is 1. The molecule has 2 N–H and O–H groups in total. The van der Waals surface area contributed by atoms with Crippen molar-refractivity contribution < 1.29 is 14.0 Å². The van der Waals surface area contributed by atoms with Gasteiger partial charge in [-0.25, -0.2) is 4.98 Å². The lowest BCUT2D eigenvalue weighted by Gasteiger charge is -2.04. The first-order chi connectivity index (χ1) is 12.1. The molecule has 25 heavy (non-hydrogen) atoms. The summed E-state index contributed by atoms with van der Waals surface area (Å²) in [5, 5.41) is 7.80. The molecule has 6 nitrogen and oxygen atoms in total. The maximum absolute atomic E-state index is 12.0. The highest BCUT2D eigenvalue weighted by atomic mass is 79.9. The molecule has 0 spiro atoms. The number of carbonyl (C=O) groups is 2. The molecular formula is C17H14BrN3O3S. The molecule has 0 radical (unpaired) electrons. The summed E-state index contributed by atoms with van der Waals surface area (Å²) in [4.78, 5) is 28.2. The van der Waals surface area contributed by atoms with Crippen LogP contribution in [0.3, 0.4) is 0 Å². The van der Waals surface area contributed by atoms with Crippen LogP contribution in [0.5, 0.6) is 0 Å². The van der Waals surface area contributed by atoms with Gasteiger partial charge >= 0.3 is 0 Å². The summed E-state index contributed by atoms with van der Waals surface area (Å²) in [6, 6.07) is 10.6. The summed E-state index contributed by atoms with van der Waals surface area (Å²) < 4.78 is 5.98. The minimum absolute atomic E-state index is 0.0866. The van der Waals surface area contributed by atoms with Gasteiger partial charge in [-0.1, -0.05) is 15.9 Å². The van der Waals surface area contributed by atoms with Crippen molar-refractivity contribution in [2.45, 2.75) is 12.8 Å². The van der Waals surface area contributed by atoms with Crippen molar-refractivity contribution in [3.63, 3.8) is 0 Å². The molecule has 2 amide bonds. The largest absolute Gasteiger partial charge is 0.459 e. The van der Waals surface area contributed by atoms with Crippen LogP contribution in [0.1, 0.15) is 22.7 Å². The van der Waals surface area contributed by atoms with Crippen molar-refractivity contribution >= 4 is 49.9 Å². The van der Waals surface area contributed by atoms with Crippen LogP contribution >= 0.6 is 27.3 Å². The summed E-state index contributed by atoms with van der Waals surface area (Å²) in [6.45, 7) is 0. The second-order valence-electron chi connectivity index (χ2n) is 5.13. The van der Waals surface area contributed by atoms with Crippen molar-refractivity contribution in [1.29, 1.82) is 0 Å². The van der Waals surface area contributed by atoms with E-state index in [9.17, 15) is 9.59 Å². The van der Waals surface area contributed by atoms with Gasteiger partial charge in [0.15, 0.2) is 10.9 Å². The molecule has 0 bridgehead atoms. The third-order valence-electron chi connectivity index (χ3n) is 3.25. The molecule has 0 saturated carbocycles. The molecule has 2 heterocycles. The average molecular weight is 420 g/mol. The van der Waals surface area contributed by atoms with Crippen molar-refractivity contribution in [1.82, 2.24) is 4.98 Å². The molecule has 0 saturated heterocycles. The highest BCUT2D eigenvalue weighted by Gasteiger charge is 2.12. The first-order valence-corrected chi connectivity index (χ1v) is 9.12. The van der Waals surface area contributed by atoms with Crippen LogP contribution in [-0.2, 0) is 11.2 Å². The number of furan rings is 1. The number of hydrogen-bond donors (Lipinski definition) is 2. The first kappa shape index (κ1) is 17.4. The van der Waals surface area contributed by atoms with Crippen LogP contribution in [0.4, 0.5) is 10.8 Å². The molecule has 2 aromatic heterocycles. The van der Waals surface area contributed by atoms with E-state index in [0.29, 0.717) is 18.0 Å². The van der Waals surface area contributed by atoms with Crippen molar-refractivity contribution in [3.8, 4) is 0 Å². The Morgan fingerprint density at radius 2 is 1.96 bits per heavy atom. The summed E-state index contributed by atoms with van der Waals surface area (Å²) >= 11 is 4.66. The smallest absolute Gasteiger partial charge is 0.293 e. The van der Waals surface area contributed by atoms with Crippen LogP contribution in [0.2, 0.25) is 0 Å². The Morgan fingerprint density at radius 3 is 2.68 bits per heavy atom. The van der Waals surface area contributed by atoms with Crippen LogP contribution in [0, 0.1) is 0 Å². The summed E-state index contributed by atoms with van der Waals surface area (Å²) in [6.07, 6.45) is 2.24. The molecular weight excluding hydrogens is 406 g/mol. The number of amides is 2. The molecule has 3 rings (SSSR count). The first-order valence-electron chi connectivity index (χ1n) is 7.45. The Labute approximate surface area is 156 Å². The highest BCUT2D eigenvalue weighted by molar-refractivity contribution is 9.10. The van der Waals surface area contributed by atoms with Gasteiger partial charge in [-0.2, -0.15) is 0 Å². The number of rotatable bonds is 6. The zero-order valence-electron chi connectivity index (χ0n) is 13.0. The third kappa shape index (κ3) is 5.01. The summed E-state index contributed by atoms with van der Waals surface area (Å²) in [5.74, 6) is -0.207. The number of carbonyl (C=O) groups excluding carboxylic acids is 2. The predicted octanol–water partition coefficient (Wildman–Crippen LogP) is 4.32. The number of anilines is 2. The van der Waals surface area contributed by atoms with E-state index in [-0.39, 0.29) is 17.6 Å². The minimum Gasteiger partial charge on any atom is -0.459 e. The number of hydrogen-bond acceptors (Lipinski definition) is 5. The van der Waals surface area contributed by atoms with Gasteiger partial charge in [0.1, 0.15) is 0 Å². The lowest BCUT2D eigenvalue weighted by Crippen LogP contribution is -2.12. The fourth-order valence-electron chi connectivity index (χ4n) is 2.04. The SMILES string of the molecule is O=C(CCc1csc(NC(=O)c2ccco2)n1)Nc1ccc(Br)cc1.